The highest BCUT2D eigenvalue weighted by molar-refractivity contribution is 5.85. The molecular weight excluding hydrogens is 328 g/mol. The van der Waals surface area contributed by atoms with E-state index < -0.39 is 12.1 Å². The molecule has 1 aliphatic heterocycles. The maximum Gasteiger partial charge on any atom is 0.238 e. The Hall–Kier alpha value is -1.34. The standard InChI is InChI=1S/C17H26N4O2.ClH/c1-2-9-23-13-17(7-3-4-8-17)20-12-16(22)21-14(10-18)5-6-15(21)11-19;/h14-15,20H,2-9,12-13H2,1H3;1H/t14-,15+;. The fraction of sp³-hybridized carbons (Fsp3) is 0.824. The summed E-state index contributed by atoms with van der Waals surface area (Å²) in [4.78, 5) is 14.0. The zero-order chi connectivity index (χ0) is 16.7. The predicted molar refractivity (Wildman–Crippen MR) is 92.4 cm³/mol. The van der Waals surface area contributed by atoms with E-state index in [0.717, 1.165) is 38.7 Å². The van der Waals surface area contributed by atoms with E-state index in [1.165, 1.54) is 4.90 Å². The van der Waals surface area contributed by atoms with Crippen molar-refractivity contribution in [3.05, 3.63) is 0 Å². The maximum atomic E-state index is 12.5. The van der Waals surface area contributed by atoms with Crippen LogP contribution in [0.1, 0.15) is 51.9 Å². The number of nitrogens with one attached hydrogen (secondary N) is 1. The normalized spacial score (nSPS) is 24.9. The first-order chi connectivity index (χ1) is 11.2. The molecule has 1 saturated carbocycles. The zero-order valence-electron chi connectivity index (χ0n) is 14.3. The second kappa shape index (κ2) is 9.84. The van der Waals surface area contributed by atoms with Gasteiger partial charge in [0, 0.05) is 12.1 Å². The van der Waals surface area contributed by atoms with Crippen molar-refractivity contribution in [2.24, 2.45) is 0 Å². The Bertz CT molecular complexity index is 472. The lowest BCUT2D eigenvalue weighted by molar-refractivity contribution is -0.131. The number of amides is 1. The van der Waals surface area contributed by atoms with Gasteiger partial charge in [0.15, 0.2) is 0 Å². The van der Waals surface area contributed by atoms with Gasteiger partial charge in [-0.25, -0.2) is 0 Å². The van der Waals surface area contributed by atoms with Gasteiger partial charge in [-0.1, -0.05) is 19.8 Å². The van der Waals surface area contributed by atoms with Crippen LogP contribution in [-0.4, -0.2) is 48.2 Å². The SMILES string of the molecule is CCCOCC1(NCC(=O)N2[C@H](C#N)CC[C@@H]2C#N)CCCC1.Cl. The highest BCUT2D eigenvalue weighted by atomic mass is 35.5. The third kappa shape index (κ3) is 4.83. The molecule has 2 fully saturated rings. The van der Waals surface area contributed by atoms with Crippen LogP contribution in [0.15, 0.2) is 0 Å². The lowest BCUT2D eigenvalue weighted by atomic mass is 9.99. The molecule has 1 saturated heterocycles. The van der Waals surface area contributed by atoms with Gasteiger partial charge in [-0.05, 0) is 32.1 Å². The van der Waals surface area contributed by atoms with Crippen LogP contribution in [0.5, 0.6) is 0 Å². The van der Waals surface area contributed by atoms with Crippen molar-refractivity contribution < 1.29 is 9.53 Å². The van der Waals surface area contributed by atoms with E-state index in [9.17, 15) is 15.3 Å². The number of likely N-dealkylation sites (tertiary alicyclic amines) is 1. The third-order valence-corrected chi connectivity index (χ3v) is 4.87. The van der Waals surface area contributed by atoms with Gasteiger partial charge in [-0.2, -0.15) is 10.5 Å². The van der Waals surface area contributed by atoms with Gasteiger partial charge in [0.05, 0.1) is 25.3 Å². The molecule has 7 heteroatoms. The van der Waals surface area contributed by atoms with Gasteiger partial charge in [0.25, 0.3) is 0 Å². The Kier molecular flexibility index (Phi) is 8.48. The molecule has 0 aromatic heterocycles. The molecule has 0 aromatic rings. The number of hydrogen-bond acceptors (Lipinski definition) is 5. The van der Waals surface area contributed by atoms with Crippen LogP contribution in [0.2, 0.25) is 0 Å². The third-order valence-electron chi connectivity index (χ3n) is 4.87. The smallest absolute Gasteiger partial charge is 0.238 e. The Morgan fingerprint density at radius 1 is 1.25 bits per heavy atom. The van der Waals surface area contributed by atoms with E-state index in [0.29, 0.717) is 19.4 Å². The number of carbonyl (C=O) groups is 1. The predicted octanol–water partition coefficient (Wildman–Crippen LogP) is 2.14. The van der Waals surface area contributed by atoms with Crippen LogP contribution in [-0.2, 0) is 9.53 Å². The van der Waals surface area contributed by atoms with Crippen molar-refractivity contribution in [1.29, 1.82) is 10.5 Å². The number of nitrogens with zero attached hydrogens (tertiary/aromatic N) is 3. The highest BCUT2D eigenvalue weighted by Crippen LogP contribution is 2.30. The summed E-state index contributed by atoms with van der Waals surface area (Å²) in [5, 5.41) is 21.7. The Labute approximate surface area is 150 Å². The number of hydrogen-bond donors (Lipinski definition) is 1. The monoisotopic (exact) mass is 354 g/mol. The molecule has 134 valence electrons. The number of rotatable bonds is 7. The average molecular weight is 355 g/mol. The first kappa shape index (κ1) is 20.7. The van der Waals surface area contributed by atoms with E-state index in [2.05, 4.69) is 24.4 Å². The Morgan fingerprint density at radius 2 is 1.83 bits per heavy atom. The molecule has 1 amide bonds. The maximum absolute atomic E-state index is 12.5. The molecule has 0 spiro atoms. The van der Waals surface area contributed by atoms with Crippen LogP contribution < -0.4 is 5.32 Å². The van der Waals surface area contributed by atoms with E-state index >= 15 is 0 Å². The van der Waals surface area contributed by atoms with E-state index in [1.54, 1.807) is 0 Å². The number of nitriles is 2. The quantitative estimate of drug-likeness (QED) is 0.707. The number of carbonyl (C=O) groups excluding carboxylic acids is 1. The highest BCUT2D eigenvalue weighted by Gasteiger charge is 2.39. The Morgan fingerprint density at radius 3 is 2.33 bits per heavy atom. The fourth-order valence-electron chi connectivity index (χ4n) is 3.60. The van der Waals surface area contributed by atoms with Gasteiger partial charge in [-0.3, -0.25) is 4.79 Å². The largest absolute Gasteiger partial charge is 0.380 e. The second-order valence-corrected chi connectivity index (χ2v) is 6.56. The van der Waals surface area contributed by atoms with Crippen molar-refractivity contribution in [2.45, 2.75) is 69.5 Å². The Balaban J connectivity index is 0.00000288. The van der Waals surface area contributed by atoms with Gasteiger partial charge < -0.3 is 15.0 Å². The molecule has 0 radical (unpaired) electrons. The van der Waals surface area contributed by atoms with Crippen molar-refractivity contribution >= 4 is 18.3 Å². The van der Waals surface area contributed by atoms with Crippen molar-refractivity contribution in [3.8, 4) is 12.1 Å². The van der Waals surface area contributed by atoms with E-state index in [-0.39, 0.29) is 30.4 Å². The van der Waals surface area contributed by atoms with Gasteiger partial charge in [0.1, 0.15) is 12.1 Å². The summed E-state index contributed by atoms with van der Waals surface area (Å²) in [5.41, 5.74) is -0.130. The summed E-state index contributed by atoms with van der Waals surface area (Å²) in [7, 11) is 0. The van der Waals surface area contributed by atoms with Crippen molar-refractivity contribution in [1.82, 2.24) is 10.2 Å². The average Bonchev–Trinajstić information content (AvgIpc) is 3.20. The second-order valence-electron chi connectivity index (χ2n) is 6.56. The number of ether oxygens (including phenoxy) is 1. The van der Waals surface area contributed by atoms with Gasteiger partial charge >= 0.3 is 0 Å². The van der Waals surface area contributed by atoms with Gasteiger partial charge in [-0.15, -0.1) is 12.4 Å². The minimum atomic E-state index is -0.468. The van der Waals surface area contributed by atoms with Crippen molar-refractivity contribution in [3.63, 3.8) is 0 Å². The topological polar surface area (TPSA) is 89.2 Å². The molecule has 0 unspecified atom stereocenters. The summed E-state index contributed by atoms with van der Waals surface area (Å²) in [5.74, 6) is -0.151. The first-order valence-electron chi connectivity index (χ1n) is 8.59. The van der Waals surface area contributed by atoms with E-state index in [1.807, 2.05) is 0 Å². The molecule has 0 bridgehead atoms. The summed E-state index contributed by atoms with van der Waals surface area (Å²) in [6.45, 7) is 3.61. The molecule has 1 N–H and O–H groups in total. The summed E-state index contributed by atoms with van der Waals surface area (Å²) in [6, 6.07) is 3.34. The molecule has 2 rings (SSSR count). The van der Waals surface area contributed by atoms with Crippen molar-refractivity contribution in [2.75, 3.05) is 19.8 Å². The summed E-state index contributed by atoms with van der Waals surface area (Å²) < 4.78 is 5.72. The molecular formula is C17H27ClN4O2. The minimum absolute atomic E-state index is 0. The molecule has 24 heavy (non-hydrogen) atoms. The van der Waals surface area contributed by atoms with Gasteiger partial charge in [0.2, 0.25) is 5.91 Å². The molecule has 6 nitrogen and oxygen atoms in total. The minimum Gasteiger partial charge on any atom is -0.380 e. The van der Waals surface area contributed by atoms with Crippen LogP contribution in [0.3, 0.4) is 0 Å². The lowest BCUT2D eigenvalue weighted by Crippen LogP contribution is -2.53. The molecule has 1 heterocycles. The summed E-state index contributed by atoms with van der Waals surface area (Å²) >= 11 is 0. The number of halogens is 1. The van der Waals surface area contributed by atoms with E-state index in [4.69, 9.17) is 4.74 Å². The first-order valence-corrected chi connectivity index (χ1v) is 8.59. The van der Waals surface area contributed by atoms with Crippen LogP contribution >= 0.6 is 12.4 Å². The van der Waals surface area contributed by atoms with Crippen LogP contribution in [0.25, 0.3) is 0 Å². The lowest BCUT2D eigenvalue weighted by Gasteiger charge is -2.32. The molecule has 2 atom stereocenters. The molecule has 1 aliphatic carbocycles. The zero-order valence-corrected chi connectivity index (χ0v) is 15.1. The summed E-state index contributed by atoms with van der Waals surface area (Å²) in [6.07, 6.45) is 6.46. The molecule has 0 aromatic carbocycles. The molecule has 2 aliphatic rings. The fourth-order valence-corrected chi connectivity index (χ4v) is 3.60. The van der Waals surface area contributed by atoms with Crippen LogP contribution in [0, 0.1) is 22.7 Å². The van der Waals surface area contributed by atoms with Crippen LogP contribution in [0.4, 0.5) is 0 Å².